The Bertz CT molecular complexity index is 933. The van der Waals surface area contributed by atoms with Crippen LogP contribution in [0.3, 0.4) is 0 Å². The van der Waals surface area contributed by atoms with E-state index in [0.29, 0.717) is 24.5 Å². The Hall–Kier alpha value is -3.42. The first-order valence-corrected chi connectivity index (χ1v) is 10.2. The average molecular weight is 425 g/mol. The molecule has 3 rings (SSSR count). The van der Waals surface area contributed by atoms with Crippen molar-refractivity contribution in [1.82, 2.24) is 4.90 Å². The summed E-state index contributed by atoms with van der Waals surface area (Å²) in [6, 6.07) is 6.55. The molecule has 1 aliphatic heterocycles. The van der Waals surface area contributed by atoms with Crippen LogP contribution in [0, 0.1) is 23.2 Å². The highest BCUT2D eigenvalue weighted by atomic mass is 16.6. The summed E-state index contributed by atoms with van der Waals surface area (Å²) in [7, 11) is 0. The lowest BCUT2D eigenvalue weighted by Crippen LogP contribution is -2.37. The molecule has 0 spiro atoms. The van der Waals surface area contributed by atoms with Gasteiger partial charge in [0.2, 0.25) is 0 Å². The van der Waals surface area contributed by atoms with Crippen LogP contribution in [0.25, 0.3) is 0 Å². The first-order valence-electron chi connectivity index (χ1n) is 10.2. The van der Waals surface area contributed by atoms with Gasteiger partial charge in [0.1, 0.15) is 11.6 Å². The number of ether oxygens (including phenoxy) is 2. The normalized spacial score (nSPS) is 19.8. The lowest BCUT2D eigenvalue weighted by atomic mass is 9.83. The van der Waals surface area contributed by atoms with Crippen LogP contribution in [0.5, 0.6) is 5.75 Å². The summed E-state index contributed by atoms with van der Waals surface area (Å²) in [5.41, 5.74) is 6.84. The first kappa shape index (κ1) is 22.3. The highest BCUT2D eigenvalue weighted by Gasteiger charge is 2.37. The standard InChI is InChI=1S/C23H27N3O5/c1-14(2)12-31-21(28)13-30-17-6-3-15(4-7-17)20(27)11-26-9-16-5-8-18(23(24)25)22(29)19(16)10-26/h3-9,14,18-19H,10-13H2,1-2H3,(H3,24,25). The van der Waals surface area contributed by atoms with Crippen molar-refractivity contribution in [3.8, 4) is 5.75 Å². The molecule has 0 saturated carbocycles. The van der Waals surface area contributed by atoms with E-state index in [1.54, 1.807) is 36.4 Å². The lowest BCUT2D eigenvalue weighted by molar-refractivity contribution is -0.147. The SMILES string of the molecule is CC(C)COC(=O)COc1ccc(C(=O)CN2C=C3C=CC(C(=N)N)C(=O)C3C2)cc1. The average Bonchev–Trinajstić information content (AvgIpc) is 3.14. The van der Waals surface area contributed by atoms with Crippen molar-refractivity contribution in [3.63, 3.8) is 0 Å². The molecule has 164 valence electrons. The van der Waals surface area contributed by atoms with Gasteiger partial charge < -0.3 is 20.1 Å². The van der Waals surface area contributed by atoms with Gasteiger partial charge in [-0.05, 0) is 35.8 Å². The number of nitrogens with one attached hydrogen (secondary N) is 1. The van der Waals surface area contributed by atoms with Crippen molar-refractivity contribution < 1.29 is 23.9 Å². The van der Waals surface area contributed by atoms with Gasteiger partial charge in [0.25, 0.3) is 0 Å². The second-order valence-electron chi connectivity index (χ2n) is 8.12. The number of hydrogen-bond donors (Lipinski definition) is 2. The number of allylic oxidation sites excluding steroid dienone is 1. The van der Waals surface area contributed by atoms with Crippen LogP contribution in [0.1, 0.15) is 24.2 Å². The molecule has 1 aliphatic carbocycles. The van der Waals surface area contributed by atoms with Crippen LogP contribution >= 0.6 is 0 Å². The van der Waals surface area contributed by atoms with E-state index in [1.165, 1.54) is 0 Å². The van der Waals surface area contributed by atoms with Crippen molar-refractivity contribution in [3.05, 3.63) is 53.8 Å². The van der Waals surface area contributed by atoms with E-state index >= 15 is 0 Å². The maximum atomic E-state index is 12.6. The molecule has 2 atom stereocenters. The predicted molar refractivity (Wildman–Crippen MR) is 115 cm³/mol. The van der Waals surface area contributed by atoms with Gasteiger partial charge >= 0.3 is 5.97 Å². The summed E-state index contributed by atoms with van der Waals surface area (Å²) in [5, 5.41) is 7.54. The number of benzene rings is 1. The number of carbonyl (C=O) groups is 3. The summed E-state index contributed by atoms with van der Waals surface area (Å²) < 4.78 is 10.4. The van der Waals surface area contributed by atoms with Gasteiger partial charge in [-0.15, -0.1) is 0 Å². The number of ketones is 2. The monoisotopic (exact) mass is 425 g/mol. The minimum Gasteiger partial charge on any atom is -0.482 e. The number of esters is 1. The van der Waals surface area contributed by atoms with Gasteiger partial charge in [-0.1, -0.05) is 26.0 Å². The number of fused-ring (bicyclic) bond motifs is 1. The van der Waals surface area contributed by atoms with E-state index < -0.39 is 11.9 Å². The molecule has 1 heterocycles. The van der Waals surface area contributed by atoms with E-state index in [4.69, 9.17) is 20.6 Å². The Labute approximate surface area is 181 Å². The first-order chi connectivity index (χ1) is 14.7. The molecule has 1 aromatic carbocycles. The second-order valence-corrected chi connectivity index (χ2v) is 8.12. The van der Waals surface area contributed by atoms with Crippen LogP contribution in [0.4, 0.5) is 0 Å². The van der Waals surface area contributed by atoms with E-state index in [1.807, 2.05) is 24.9 Å². The van der Waals surface area contributed by atoms with Gasteiger partial charge in [0, 0.05) is 18.3 Å². The third kappa shape index (κ3) is 5.59. The van der Waals surface area contributed by atoms with Gasteiger partial charge in [-0.3, -0.25) is 15.0 Å². The number of amidine groups is 1. The molecule has 31 heavy (non-hydrogen) atoms. The smallest absolute Gasteiger partial charge is 0.344 e. The van der Waals surface area contributed by atoms with Gasteiger partial charge in [0.05, 0.1) is 25.0 Å². The number of carbonyl (C=O) groups excluding carboxylic acids is 3. The zero-order valence-electron chi connectivity index (χ0n) is 17.7. The summed E-state index contributed by atoms with van der Waals surface area (Å²) >= 11 is 0. The number of nitrogens with zero attached hydrogens (tertiary/aromatic N) is 1. The molecule has 8 heteroatoms. The minimum absolute atomic E-state index is 0.0991. The molecule has 0 aromatic heterocycles. The maximum Gasteiger partial charge on any atom is 0.344 e. The summed E-state index contributed by atoms with van der Waals surface area (Å²) in [6.07, 6.45) is 5.25. The third-order valence-electron chi connectivity index (χ3n) is 5.07. The fraction of sp³-hybridized carbons (Fsp3) is 0.391. The molecule has 0 bridgehead atoms. The summed E-state index contributed by atoms with van der Waals surface area (Å²) in [5.74, 6) is -1.13. The van der Waals surface area contributed by atoms with E-state index in [-0.39, 0.29) is 42.4 Å². The zero-order valence-corrected chi connectivity index (χ0v) is 17.7. The van der Waals surface area contributed by atoms with E-state index in [2.05, 4.69) is 0 Å². The zero-order chi connectivity index (χ0) is 22.5. The van der Waals surface area contributed by atoms with Crippen molar-refractivity contribution in [2.24, 2.45) is 23.5 Å². The molecular formula is C23H27N3O5. The Kier molecular flexibility index (Phi) is 6.89. The second kappa shape index (κ2) is 9.59. The molecule has 0 fully saturated rings. The molecule has 0 amide bonds. The summed E-state index contributed by atoms with van der Waals surface area (Å²) in [6.45, 7) is 4.59. The summed E-state index contributed by atoms with van der Waals surface area (Å²) in [4.78, 5) is 38.6. The molecule has 0 saturated heterocycles. The Morgan fingerprint density at radius 3 is 2.61 bits per heavy atom. The van der Waals surface area contributed by atoms with Gasteiger partial charge in [-0.2, -0.15) is 0 Å². The van der Waals surface area contributed by atoms with Crippen LogP contribution in [-0.2, 0) is 14.3 Å². The topological polar surface area (TPSA) is 123 Å². The van der Waals surface area contributed by atoms with Crippen LogP contribution in [-0.4, -0.2) is 54.6 Å². The molecule has 2 aliphatic rings. The van der Waals surface area contributed by atoms with Crippen LogP contribution in [0.2, 0.25) is 0 Å². The highest BCUT2D eigenvalue weighted by molar-refractivity contribution is 6.07. The van der Waals surface area contributed by atoms with Crippen LogP contribution < -0.4 is 10.5 Å². The quantitative estimate of drug-likeness (QED) is 0.268. The molecule has 0 radical (unpaired) electrons. The predicted octanol–water partition coefficient (Wildman–Crippen LogP) is 1.95. The Morgan fingerprint density at radius 1 is 1.26 bits per heavy atom. The van der Waals surface area contributed by atoms with Gasteiger partial charge in [0.15, 0.2) is 18.2 Å². The number of Topliss-reactive ketones (excluding diaryl/α,β-unsaturated/α-hetero) is 2. The molecule has 2 unspecified atom stereocenters. The fourth-order valence-corrected chi connectivity index (χ4v) is 3.45. The minimum atomic E-state index is -0.687. The van der Waals surface area contributed by atoms with Gasteiger partial charge in [-0.25, -0.2) is 4.79 Å². The maximum absolute atomic E-state index is 12.6. The van der Waals surface area contributed by atoms with Crippen molar-refractivity contribution in [2.45, 2.75) is 13.8 Å². The fourth-order valence-electron chi connectivity index (χ4n) is 3.45. The Morgan fingerprint density at radius 2 is 1.97 bits per heavy atom. The molecular weight excluding hydrogens is 398 g/mol. The molecule has 8 nitrogen and oxygen atoms in total. The number of rotatable bonds is 9. The lowest BCUT2D eigenvalue weighted by Gasteiger charge is -2.22. The van der Waals surface area contributed by atoms with E-state index in [0.717, 1.165) is 5.57 Å². The highest BCUT2D eigenvalue weighted by Crippen LogP contribution is 2.31. The molecule has 3 N–H and O–H groups in total. The largest absolute Gasteiger partial charge is 0.482 e. The Balaban J connectivity index is 1.51. The van der Waals surface area contributed by atoms with Crippen LogP contribution in [0.15, 0.2) is 48.2 Å². The van der Waals surface area contributed by atoms with Crippen molar-refractivity contribution >= 4 is 23.4 Å². The van der Waals surface area contributed by atoms with Crippen molar-refractivity contribution in [1.29, 1.82) is 5.41 Å². The van der Waals surface area contributed by atoms with E-state index in [9.17, 15) is 14.4 Å². The molecule has 1 aromatic rings. The number of hydrogen-bond acceptors (Lipinski definition) is 7. The number of nitrogens with two attached hydrogens (primary N) is 1. The third-order valence-corrected chi connectivity index (χ3v) is 5.07. The van der Waals surface area contributed by atoms with Crippen molar-refractivity contribution in [2.75, 3.05) is 26.3 Å².